The first-order valence-corrected chi connectivity index (χ1v) is 7.08. The van der Waals surface area contributed by atoms with Gasteiger partial charge in [0, 0.05) is 10.6 Å². The molecule has 15 heavy (non-hydrogen) atoms. The highest BCUT2D eigenvalue weighted by molar-refractivity contribution is 8.03. The second kappa shape index (κ2) is 5.26. The fourth-order valence-corrected chi connectivity index (χ4v) is 3.67. The number of allylic oxidation sites excluding steroid dienone is 2. The van der Waals surface area contributed by atoms with E-state index in [0.717, 1.165) is 5.92 Å². The molecule has 2 aliphatic rings. The van der Waals surface area contributed by atoms with Crippen molar-refractivity contribution in [1.82, 2.24) is 5.32 Å². The van der Waals surface area contributed by atoms with Gasteiger partial charge in [0.05, 0.1) is 0 Å². The zero-order chi connectivity index (χ0) is 10.7. The fraction of sp³-hybridized carbons (Fsp3) is 0.833. The van der Waals surface area contributed by atoms with Crippen LogP contribution in [0.25, 0.3) is 0 Å². The molecule has 0 aromatic carbocycles. The number of unbranched alkanes of at least 4 members (excludes halogenated alkanes) is 2. The molecule has 2 nitrogen and oxygen atoms in total. The minimum atomic E-state index is 0.129. The molecule has 0 bridgehead atoms. The smallest absolute Gasteiger partial charge is 0.127 e. The molecule has 0 saturated heterocycles. The van der Waals surface area contributed by atoms with Crippen molar-refractivity contribution in [2.75, 3.05) is 0 Å². The Labute approximate surface area is 97.1 Å². The zero-order valence-corrected chi connectivity index (χ0v) is 10.4. The van der Waals surface area contributed by atoms with Crippen LogP contribution in [0.1, 0.15) is 51.9 Å². The average Bonchev–Trinajstić information content (AvgIpc) is 2.57. The van der Waals surface area contributed by atoms with Gasteiger partial charge in [-0.3, -0.25) is 0 Å². The Morgan fingerprint density at radius 3 is 3.13 bits per heavy atom. The number of nitrogens with two attached hydrogens (primary N) is 1. The van der Waals surface area contributed by atoms with Crippen LogP contribution in [0.5, 0.6) is 0 Å². The molecule has 0 spiro atoms. The molecule has 2 rings (SSSR count). The summed E-state index contributed by atoms with van der Waals surface area (Å²) in [6.07, 6.45) is 9.43. The molecule has 2 unspecified atom stereocenters. The molecule has 3 N–H and O–H groups in total. The maximum Gasteiger partial charge on any atom is 0.127 e. The van der Waals surface area contributed by atoms with E-state index in [9.17, 15) is 0 Å². The summed E-state index contributed by atoms with van der Waals surface area (Å²) in [7, 11) is 0. The molecule has 0 radical (unpaired) electrons. The van der Waals surface area contributed by atoms with Gasteiger partial charge in [0.15, 0.2) is 0 Å². The van der Waals surface area contributed by atoms with Crippen molar-refractivity contribution in [1.29, 1.82) is 0 Å². The molecule has 0 saturated carbocycles. The normalized spacial score (nSPS) is 30.3. The second-order valence-electron chi connectivity index (χ2n) is 4.69. The zero-order valence-electron chi connectivity index (χ0n) is 9.59. The van der Waals surface area contributed by atoms with Gasteiger partial charge in [0.1, 0.15) is 5.50 Å². The van der Waals surface area contributed by atoms with Crippen LogP contribution in [0.2, 0.25) is 0 Å². The molecule has 86 valence electrons. The van der Waals surface area contributed by atoms with Gasteiger partial charge < -0.3 is 11.1 Å². The molecule has 1 aliphatic carbocycles. The van der Waals surface area contributed by atoms with E-state index in [4.69, 9.17) is 5.73 Å². The van der Waals surface area contributed by atoms with E-state index in [0.29, 0.717) is 0 Å². The van der Waals surface area contributed by atoms with E-state index in [2.05, 4.69) is 12.2 Å². The van der Waals surface area contributed by atoms with Crippen LogP contribution in [0, 0.1) is 5.92 Å². The summed E-state index contributed by atoms with van der Waals surface area (Å²) in [5.74, 6) is 0.926. The average molecular weight is 226 g/mol. The van der Waals surface area contributed by atoms with E-state index < -0.39 is 0 Å². The Morgan fingerprint density at radius 1 is 1.47 bits per heavy atom. The van der Waals surface area contributed by atoms with Crippen LogP contribution in [-0.2, 0) is 0 Å². The molecular weight excluding hydrogens is 204 g/mol. The van der Waals surface area contributed by atoms with E-state index in [-0.39, 0.29) is 5.50 Å². The van der Waals surface area contributed by atoms with E-state index in [1.165, 1.54) is 50.6 Å². The lowest BCUT2D eigenvalue weighted by Crippen LogP contribution is -2.29. The Balaban J connectivity index is 1.78. The molecule has 0 amide bonds. The Bertz CT molecular complexity index is 250. The van der Waals surface area contributed by atoms with Crippen molar-refractivity contribution in [2.24, 2.45) is 11.7 Å². The highest BCUT2D eigenvalue weighted by Gasteiger charge is 2.27. The van der Waals surface area contributed by atoms with Gasteiger partial charge in [-0.05, 0) is 25.2 Å². The first-order valence-electron chi connectivity index (χ1n) is 6.20. The SMILES string of the molecule is CCCCCC1CCC2=C(C1)SC(N)N2. The van der Waals surface area contributed by atoms with Crippen LogP contribution < -0.4 is 11.1 Å². The van der Waals surface area contributed by atoms with Crippen molar-refractivity contribution in [2.45, 2.75) is 57.4 Å². The Kier molecular flexibility index (Phi) is 3.98. The third-order valence-electron chi connectivity index (χ3n) is 3.41. The molecule has 3 heteroatoms. The predicted octanol–water partition coefficient (Wildman–Crippen LogP) is 3.16. The van der Waals surface area contributed by atoms with Crippen molar-refractivity contribution in [3.8, 4) is 0 Å². The topological polar surface area (TPSA) is 38.0 Å². The summed E-state index contributed by atoms with van der Waals surface area (Å²) in [6, 6.07) is 0. The molecule has 0 aromatic rings. The summed E-state index contributed by atoms with van der Waals surface area (Å²) in [4.78, 5) is 1.55. The monoisotopic (exact) mass is 226 g/mol. The van der Waals surface area contributed by atoms with Crippen LogP contribution in [0.4, 0.5) is 0 Å². The van der Waals surface area contributed by atoms with E-state index in [1.807, 2.05) is 11.8 Å². The lowest BCUT2D eigenvalue weighted by Gasteiger charge is -2.22. The largest absolute Gasteiger partial charge is 0.364 e. The quantitative estimate of drug-likeness (QED) is 0.723. The maximum atomic E-state index is 5.87. The summed E-state index contributed by atoms with van der Waals surface area (Å²) in [5.41, 5.74) is 7.44. The summed E-state index contributed by atoms with van der Waals surface area (Å²) in [5, 5.41) is 3.36. The van der Waals surface area contributed by atoms with Crippen LogP contribution in [0.15, 0.2) is 10.6 Å². The lowest BCUT2D eigenvalue weighted by molar-refractivity contribution is 0.409. The molecule has 1 heterocycles. The van der Waals surface area contributed by atoms with Crippen LogP contribution in [0.3, 0.4) is 0 Å². The third kappa shape index (κ3) is 2.91. The van der Waals surface area contributed by atoms with Gasteiger partial charge in [-0.2, -0.15) is 0 Å². The van der Waals surface area contributed by atoms with Crippen molar-refractivity contribution >= 4 is 11.8 Å². The minimum Gasteiger partial charge on any atom is -0.364 e. The molecule has 1 aliphatic heterocycles. The fourth-order valence-electron chi connectivity index (χ4n) is 2.53. The summed E-state index contributed by atoms with van der Waals surface area (Å²) < 4.78 is 0. The third-order valence-corrected chi connectivity index (χ3v) is 4.48. The minimum absolute atomic E-state index is 0.129. The predicted molar refractivity (Wildman–Crippen MR) is 67.2 cm³/mol. The number of rotatable bonds is 4. The Morgan fingerprint density at radius 2 is 2.33 bits per heavy atom. The first-order chi connectivity index (χ1) is 7.29. The van der Waals surface area contributed by atoms with E-state index in [1.54, 1.807) is 4.91 Å². The molecule has 0 fully saturated rings. The first kappa shape index (κ1) is 11.3. The molecular formula is C12H22N2S. The standard InChI is InChI=1S/C12H22N2S/c1-2-3-4-5-9-6-7-10-11(8-9)15-12(13)14-10/h9,12,14H,2-8,13H2,1H3. The van der Waals surface area contributed by atoms with Gasteiger partial charge in [-0.25, -0.2) is 0 Å². The number of thioether (sulfide) groups is 1. The van der Waals surface area contributed by atoms with E-state index >= 15 is 0 Å². The summed E-state index contributed by atoms with van der Waals surface area (Å²) >= 11 is 1.84. The van der Waals surface area contributed by atoms with Crippen LogP contribution in [-0.4, -0.2) is 5.50 Å². The van der Waals surface area contributed by atoms with Gasteiger partial charge >= 0.3 is 0 Å². The van der Waals surface area contributed by atoms with Gasteiger partial charge in [0.25, 0.3) is 0 Å². The van der Waals surface area contributed by atoms with Crippen molar-refractivity contribution < 1.29 is 0 Å². The highest BCUT2D eigenvalue weighted by Crippen LogP contribution is 2.41. The Hall–Kier alpha value is -0.150. The molecule has 2 atom stereocenters. The maximum absolute atomic E-state index is 5.87. The van der Waals surface area contributed by atoms with Crippen molar-refractivity contribution in [3.63, 3.8) is 0 Å². The number of hydrogen-bond acceptors (Lipinski definition) is 3. The number of hydrogen-bond donors (Lipinski definition) is 2. The van der Waals surface area contributed by atoms with Gasteiger partial charge in [-0.1, -0.05) is 44.4 Å². The van der Waals surface area contributed by atoms with Gasteiger partial charge in [0.2, 0.25) is 0 Å². The second-order valence-corrected chi connectivity index (χ2v) is 5.93. The van der Waals surface area contributed by atoms with Crippen LogP contribution >= 0.6 is 11.8 Å². The molecule has 0 aromatic heterocycles. The van der Waals surface area contributed by atoms with Crippen molar-refractivity contribution in [3.05, 3.63) is 10.6 Å². The van der Waals surface area contributed by atoms with Gasteiger partial charge in [-0.15, -0.1) is 0 Å². The summed E-state index contributed by atoms with van der Waals surface area (Å²) in [6.45, 7) is 2.28. The lowest BCUT2D eigenvalue weighted by atomic mass is 9.88. The highest BCUT2D eigenvalue weighted by atomic mass is 32.2. The number of nitrogens with one attached hydrogen (secondary N) is 1.